The van der Waals surface area contributed by atoms with Gasteiger partial charge in [0.1, 0.15) is 11.9 Å². The van der Waals surface area contributed by atoms with Crippen molar-refractivity contribution in [1.82, 2.24) is 0 Å². The van der Waals surface area contributed by atoms with Gasteiger partial charge in [0.15, 0.2) is 5.78 Å². The lowest BCUT2D eigenvalue weighted by atomic mass is 9.98. The zero-order valence-electron chi connectivity index (χ0n) is 12.4. The summed E-state index contributed by atoms with van der Waals surface area (Å²) in [6, 6.07) is 3.72. The number of rotatable bonds is 4. The van der Waals surface area contributed by atoms with E-state index in [1.807, 2.05) is 4.90 Å². The molecule has 4 nitrogen and oxygen atoms in total. The van der Waals surface area contributed by atoms with Crippen molar-refractivity contribution in [3.05, 3.63) is 29.6 Å². The molecule has 0 bridgehead atoms. The number of ketones is 1. The molecule has 5 heteroatoms. The monoisotopic (exact) mass is 293 g/mol. The van der Waals surface area contributed by atoms with Gasteiger partial charge in [-0.05, 0) is 51.3 Å². The van der Waals surface area contributed by atoms with Gasteiger partial charge in [0.2, 0.25) is 0 Å². The molecule has 0 aromatic heterocycles. The van der Waals surface area contributed by atoms with E-state index in [1.165, 1.54) is 19.1 Å². The number of hydrogen-bond acceptors (Lipinski definition) is 4. The Hall–Kier alpha value is -1.91. The normalized spacial score (nSPS) is 18.4. The molecule has 1 unspecified atom stereocenters. The van der Waals surface area contributed by atoms with E-state index >= 15 is 0 Å². The molecule has 0 aliphatic carbocycles. The van der Waals surface area contributed by atoms with Crippen LogP contribution in [0.2, 0.25) is 0 Å². The number of halogens is 1. The van der Waals surface area contributed by atoms with E-state index in [-0.39, 0.29) is 11.8 Å². The van der Waals surface area contributed by atoms with E-state index < -0.39 is 11.9 Å². The van der Waals surface area contributed by atoms with Gasteiger partial charge in [-0.25, -0.2) is 9.18 Å². The fourth-order valence-electron chi connectivity index (χ4n) is 2.74. The van der Waals surface area contributed by atoms with E-state index in [0.717, 1.165) is 12.8 Å². The van der Waals surface area contributed by atoms with Gasteiger partial charge in [-0.3, -0.25) is 4.79 Å². The molecule has 0 saturated carbocycles. The summed E-state index contributed by atoms with van der Waals surface area (Å²) in [7, 11) is 0. The molecule has 21 heavy (non-hydrogen) atoms. The van der Waals surface area contributed by atoms with Crippen LogP contribution in [0.3, 0.4) is 0 Å². The van der Waals surface area contributed by atoms with Gasteiger partial charge in [-0.1, -0.05) is 0 Å². The molecule has 0 radical (unpaired) electrons. The maximum atomic E-state index is 13.4. The second-order valence-electron chi connectivity index (χ2n) is 5.17. The number of ether oxygens (including phenoxy) is 1. The maximum absolute atomic E-state index is 13.4. The SMILES string of the molecule is CCOC(=O)C1CCCCN1c1ccc(F)cc1C(C)=O. The van der Waals surface area contributed by atoms with Gasteiger partial charge in [0, 0.05) is 17.8 Å². The highest BCUT2D eigenvalue weighted by Gasteiger charge is 2.31. The molecule has 114 valence electrons. The number of anilines is 1. The lowest BCUT2D eigenvalue weighted by Crippen LogP contribution is -2.46. The van der Waals surface area contributed by atoms with Crippen molar-refractivity contribution in [2.24, 2.45) is 0 Å². The summed E-state index contributed by atoms with van der Waals surface area (Å²) in [6.45, 7) is 4.16. The van der Waals surface area contributed by atoms with Gasteiger partial charge in [0.25, 0.3) is 0 Å². The van der Waals surface area contributed by atoms with E-state index in [1.54, 1.807) is 13.0 Å². The summed E-state index contributed by atoms with van der Waals surface area (Å²) in [5.74, 6) is -0.942. The Morgan fingerprint density at radius 2 is 2.14 bits per heavy atom. The largest absolute Gasteiger partial charge is 0.464 e. The van der Waals surface area contributed by atoms with Crippen molar-refractivity contribution in [2.75, 3.05) is 18.1 Å². The van der Waals surface area contributed by atoms with Crippen LogP contribution >= 0.6 is 0 Å². The molecule has 1 aromatic carbocycles. The molecule has 0 spiro atoms. The predicted molar refractivity (Wildman–Crippen MR) is 78.0 cm³/mol. The quantitative estimate of drug-likeness (QED) is 0.632. The van der Waals surface area contributed by atoms with Gasteiger partial charge in [-0.15, -0.1) is 0 Å². The molecule has 0 amide bonds. The fraction of sp³-hybridized carbons (Fsp3) is 0.500. The first kappa shape index (κ1) is 15.5. The third-order valence-corrected chi connectivity index (χ3v) is 3.71. The smallest absolute Gasteiger partial charge is 0.328 e. The molecule has 1 fully saturated rings. The summed E-state index contributed by atoms with van der Waals surface area (Å²) >= 11 is 0. The number of carbonyl (C=O) groups is 2. The van der Waals surface area contributed by atoms with Crippen molar-refractivity contribution in [1.29, 1.82) is 0 Å². The third kappa shape index (κ3) is 3.40. The first-order valence-electron chi connectivity index (χ1n) is 7.28. The molecule has 1 aliphatic rings. The Kier molecular flexibility index (Phi) is 4.94. The lowest BCUT2D eigenvalue weighted by Gasteiger charge is -2.36. The number of piperidine rings is 1. The highest BCUT2D eigenvalue weighted by molar-refractivity contribution is 6.00. The molecule has 1 saturated heterocycles. The molecule has 1 aromatic rings. The van der Waals surface area contributed by atoms with Crippen LogP contribution in [0.4, 0.5) is 10.1 Å². The van der Waals surface area contributed by atoms with Gasteiger partial charge < -0.3 is 9.64 Å². The number of carbonyl (C=O) groups excluding carboxylic acids is 2. The zero-order chi connectivity index (χ0) is 15.4. The number of nitrogens with zero attached hydrogens (tertiary/aromatic N) is 1. The average Bonchev–Trinajstić information content (AvgIpc) is 2.47. The summed E-state index contributed by atoms with van der Waals surface area (Å²) in [4.78, 5) is 25.7. The van der Waals surface area contributed by atoms with E-state index in [4.69, 9.17) is 4.74 Å². The molecule has 1 atom stereocenters. The minimum Gasteiger partial charge on any atom is -0.464 e. The highest BCUT2D eigenvalue weighted by Crippen LogP contribution is 2.29. The van der Waals surface area contributed by atoms with E-state index in [0.29, 0.717) is 30.8 Å². The fourth-order valence-corrected chi connectivity index (χ4v) is 2.74. The Labute approximate surface area is 123 Å². The molecule has 1 aliphatic heterocycles. The Bertz CT molecular complexity index is 544. The van der Waals surface area contributed by atoms with Crippen LogP contribution in [0.1, 0.15) is 43.5 Å². The first-order chi connectivity index (χ1) is 10.0. The second-order valence-corrected chi connectivity index (χ2v) is 5.17. The number of esters is 1. The second kappa shape index (κ2) is 6.70. The summed E-state index contributed by atoms with van der Waals surface area (Å²) < 4.78 is 18.5. The molecular weight excluding hydrogens is 273 g/mol. The van der Waals surface area contributed by atoms with Crippen LogP contribution in [-0.2, 0) is 9.53 Å². The molecule has 2 rings (SSSR count). The Balaban J connectivity index is 2.37. The van der Waals surface area contributed by atoms with Gasteiger partial charge >= 0.3 is 5.97 Å². The molecule has 0 N–H and O–H groups in total. The average molecular weight is 293 g/mol. The molecular formula is C16H20FNO3. The number of hydrogen-bond donors (Lipinski definition) is 0. The van der Waals surface area contributed by atoms with Gasteiger partial charge in [0.05, 0.1) is 6.61 Å². The maximum Gasteiger partial charge on any atom is 0.328 e. The van der Waals surface area contributed by atoms with E-state index in [2.05, 4.69) is 0 Å². The topological polar surface area (TPSA) is 46.6 Å². The van der Waals surface area contributed by atoms with Crippen LogP contribution in [0.25, 0.3) is 0 Å². The van der Waals surface area contributed by atoms with Crippen molar-refractivity contribution >= 4 is 17.4 Å². The summed E-state index contributed by atoms with van der Waals surface area (Å²) in [5, 5.41) is 0. The third-order valence-electron chi connectivity index (χ3n) is 3.71. The summed E-state index contributed by atoms with van der Waals surface area (Å²) in [6.07, 6.45) is 2.56. The lowest BCUT2D eigenvalue weighted by molar-refractivity contribution is -0.145. The number of Topliss-reactive ketones (excluding diaryl/α,β-unsaturated/α-hetero) is 1. The van der Waals surface area contributed by atoms with Crippen molar-refractivity contribution < 1.29 is 18.7 Å². The predicted octanol–water partition coefficient (Wildman–Crippen LogP) is 2.95. The minimum atomic E-state index is -0.450. The number of benzene rings is 1. The first-order valence-corrected chi connectivity index (χ1v) is 7.28. The van der Waals surface area contributed by atoms with Crippen molar-refractivity contribution in [3.8, 4) is 0 Å². The van der Waals surface area contributed by atoms with Crippen LogP contribution in [0.5, 0.6) is 0 Å². The van der Waals surface area contributed by atoms with Crippen LogP contribution in [0, 0.1) is 5.82 Å². The van der Waals surface area contributed by atoms with Gasteiger partial charge in [-0.2, -0.15) is 0 Å². The van der Waals surface area contributed by atoms with Crippen LogP contribution in [-0.4, -0.2) is 30.9 Å². The van der Waals surface area contributed by atoms with Crippen molar-refractivity contribution in [3.63, 3.8) is 0 Å². The van der Waals surface area contributed by atoms with Crippen molar-refractivity contribution in [2.45, 2.75) is 39.2 Å². The highest BCUT2D eigenvalue weighted by atomic mass is 19.1. The minimum absolute atomic E-state index is 0.210. The molecule has 1 heterocycles. The van der Waals surface area contributed by atoms with E-state index in [9.17, 15) is 14.0 Å². The van der Waals surface area contributed by atoms with Crippen LogP contribution in [0.15, 0.2) is 18.2 Å². The standard InChI is InChI=1S/C16H20FNO3/c1-3-21-16(20)15-6-4-5-9-18(15)14-8-7-12(17)10-13(14)11(2)19/h7-8,10,15H,3-6,9H2,1-2H3. The Morgan fingerprint density at radius 3 is 2.81 bits per heavy atom. The Morgan fingerprint density at radius 1 is 1.38 bits per heavy atom. The van der Waals surface area contributed by atoms with Crippen LogP contribution < -0.4 is 4.90 Å². The zero-order valence-corrected chi connectivity index (χ0v) is 12.4. The summed E-state index contributed by atoms with van der Waals surface area (Å²) in [5.41, 5.74) is 0.924.